The molecule has 6 heteroatoms. The number of ether oxygens (including phenoxy) is 2. The topological polar surface area (TPSA) is 79.2 Å². The summed E-state index contributed by atoms with van der Waals surface area (Å²) in [6, 6.07) is 0. The van der Waals surface area contributed by atoms with Gasteiger partial charge in [-0.15, -0.1) is 0 Å². The first-order valence-electron chi connectivity index (χ1n) is 8.20. The van der Waals surface area contributed by atoms with E-state index in [1.54, 1.807) is 11.8 Å². The number of carbonyl (C=O) groups excluding carboxylic acids is 1. The average molecular weight is 331 g/mol. The van der Waals surface area contributed by atoms with Gasteiger partial charge in [-0.2, -0.15) is 0 Å². The molecule has 0 fully saturated rings. The van der Waals surface area contributed by atoms with Gasteiger partial charge in [0.1, 0.15) is 0 Å². The minimum Gasteiger partial charge on any atom is -0.392 e. The smallest absolute Gasteiger partial charge is 0.225 e. The van der Waals surface area contributed by atoms with Crippen LogP contribution in [0.4, 0.5) is 0 Å². The van der Waals surface area contributed by atoms with Crippen LogP contribution in [0, 0.1) is 0 Å². The monoisotopic (exact) mass is 331 g/mol. The molecule has 0 aliphatic carbocycles. The third-order valence-electron chi connectivity index (χ3n) is 3.07. The molecule has 0 saturated carbocycles. The van der Waals surface area contributed by atoms with Crippen LogP contribution in [0.1, 0.15) is 41.0 Å². The van der Waals surface area contributed by atoms with Crippen molar-refractivity contribution < 1.29 is 24.5 Å². The van der Waals surface area contributed by atoms with E-state index in [9.17, 15) is 9.90 Å². The number of amides is 1. The predicted molar refractivity (Wildman–Crippen MR) is 90.2 cm³/mol. The van der Waals surface area contributed by atoms with Gasteiger partial charge >= 0.3 is 0 Å². The van der Waals surface area contributed by atoms with E-state index in [4.69, 9.17) is 14.6 Å². The quantitative estimate of drug-likeness (QED) is 0.528. The number of nitrogens with zero attached hydrogens (tertiary/aromatic N) is 1. The van der Waals surface area contributed by atoms with Crippen molar-refractivity contribution >= 4 is 5.91 Å². The Morgan fingerprint density at radius 2 is 1.61 bits per heavy atom. The largest absolute Gasteiger partial charge is 0.392 e. The van der Waals surface area contributed by atoms with Gasteiger partial charge in [0.2, 0.25) is 5.91 Å². The molecule has 0 aromatic rings. The summed E-state index contributed by atoms with van der Waals surface area (Å²) in [5, 5.41) is 19.0. The molecule has 1 unspecified atom stereocenters. The number of hydrogen-bond acceptors (Lipinski definition) is 5. The van der Waals surface area contributed by atoms with Gasteiger partial charge in [-0.1, -0.05) is 12.2 Å². The van der Waals surface area contributed by atoms with Crippen molar-refractivity contribution in [1.29, 1.82) is 0 Å². The van der Waals surface area contributed by atoms with Crippen molar-refractivity contribution in [3.05, 3.63) is 12.2 Å². The van der Waals surface area contributed by atoms with Gasteiger partial charge in [0.25, 0.3) is 0 Å². The summed E-state index contributed by atoms with van der Waals surface area (Å²) in [5.41, 5.74) is -1.28. The molecule has 2 N–H and O–H groups in total. The van der Waals surface area contributed by atoms with Crippen LogP contribution in [0.3, 0.4) is 0 Å². The third-order valence-corrected chi connectivity index (χ3v) is 3.07. The minimum atomic E-state index is -1.28. The van der Waals surface area contributed by atoms with E-state index in [0.717, 1.165) is 0 Å². The van der Waals surface area contributed by atoms with E-state index in [1.165, 1.54) is 12.2 Å². The molecule has 0 spiro atoms. The summed E-state index contributed by atoms with van der Waals surface area (Å²) < 4.78 is 11.0. The summed E-state index contributed by atoms with van der Waals surface area (Å²) in [5.74, 6) is -0.169. The van der Waals surface area contributed by atoms with Crippen LogP contribution >= 0.6 is 0 Å². The van der Waals surface area contributed by atoms with Crippen molar-refractivity contribution in [2.45, 2.75) is 58.8 Å². The minimum absolute atomic E-state index is 0.0488. The fourth-order valence-electron chi connectivity index (χ4n) is 1.94. The molecule has 0 aliphatic rings. The Balaban J connectivity index is 4.60. The second kappa shape index (κ2) is 11.6. The lowest BCUT2D eigenvalue weighted by Gasteiger charge is -2.27. The van der Waals surface area contributed by atoms with Crippen molar-refractivity contribution in [2.75, 3.05) is 32.9 Å². The molecule has 136 valence electrons. The molecule has 0 bridgehead atoms. The average Bonchev–Trinajstić information content (AvgIpc) is 2.42. The molecular weight excluding hydrogens is 298 g/mol. The van der Waals surface area contributed by atoms with Gasteiger partial charge in [-0.25, -0.2) is 0 Å². The fourth-order valence-corrected chi connectivity index (χ4v) is 1.94. The highest BCUT2D eigenvalue weighted by Gasteiger charge is 2.24. The first-order chi connectivity index (χ1) is 10.7. The normalized spacial score (nSPS) is 14.7. The molecule has 1 amide bonds. The Morgan fingerprint density at radius 3 is 2.00 bits per heavy atom. The zero-order valence-corrected chi connectivity index (χ0v) is 15.1. The maximum Gasteiger partial charge on any atom is 0.225 e. The Bertz CT molecular complexity index is 339. The van der Waals surface area contributed by atoms with Gasteiger partial charge in [0.15, 0.2) is 0 Å². The number of aliphatic hydroxyl groups excluding tert-OH is 1. The van der Waals surface area contributed by atoms with Crippen LogP contribution in [0.15, 0.2) is 12.2 Å². The van der Waals surface area contributed by atoms with E-state index in [-0.39, 0.29) is 31.1 Å². The second-order valence-electron chi connectivity index (χ2n) is 6.34. The lowest BCUT2D eigenvalue weighted by molar-refractivity contribution is -0.136. The van der Waals surface area contributed by atoms with Crippen LogP contribution in [0.2, 0.25) is 0 Å². The van der Waals surface area contributed by atoms with Gasteiger partial charge in [0.05, 0.1) is 44.1 Å². The molecule has 0 aromatic heterocycles. The molecule has 0 aliphatic heterocycles. The first kappa shape index (κ1) is 22.1. The Morgan fingerprint density at radius 1 is 1.13 bits per heavy atom. The summed E-state index contributed by atoms with van der Waals surface area (Å²) >= 11 is 0. The maximum atomic E-state index is 12.4. The molecule has 6 nitrogen and oxygen atoms in total. The molecule has 1 atom stereocenters. The van der Waals surface area contributed by atoms with Crippen molar-refractivity contribution in [3.8, 4) is 0 Å². The fraction of sp³-hybridized carbons (Fsp3) is 0.824. The van der Waals surface area contributed by atoms with E-state index >= 15 is 0 Å². The lowest BCUT2D eigenvalue weighted by Crippen LogP contribution is -2.41. The van der Waals surface area contributed by atoms with Crippen molar-refractivity contribution in [2.24, 2.45) is 0 Å². The molecule has 0 radical (unpaired) electrons. The Kier molecular flexibility index (Phi) is 11.1. The lowest BCUT2D eigenvalue weighted by atomic mass is 10.0. The van der Waals surface area contributed by atoms with Gasteiger partial charge in [0, 0.05) is 13.1 Å². The summed E-state index contributed by atoms with van der Waals surface area (Å²) in [6.07, 6.45) is 3.04. The van der Waals surface area contributed by atoms with Crippen LogP contribution in [0.5, 0.6) is 0 Å². The molecule has 23 heavy (non-hydrogen) atoms. The highest BCUT2D eigenvalue weighted by molar-refractivity contribution is 5.77. The number of aliphatic hydroxyl groups is 2. The zero-order chi connectivity index (χ0) is 17.9. The number of hydrogen-bond donors (Lipinski definition) is 2. The molecule has 0 heterocycles. The Labute approximate surface area is 140 Å². The SMILES string of the molecule is CC(C)OCCN(CCOC(C)C)C(=O)CC(C)(O)/C=C/CO. The predicted octanol–water partition coefficient (Wildman–Crippen LogP) is 1.35. The first-order valence-corrected chi connectivity index (χ1v) is 8.20. The summed E-state index contributed by atoms with van der Waals surface area (Å²) in [4.78, 5) is 14.1. The van der Waals surface area contributed by atoms with E-state index < -0.39 is 5.60 Å². The van der Waals surface area contributed by atoms with Crippen molar-refractivity contribution in [1.82, 2.24) is 4.90 Å². The van der Waals surface area contributed by atoms with Crippen LogP contribution in [0.25, 0.3) is 0 Å². The van der Waals surface area contributed by atoms with Gasteiger partial charge in [-0.05, 0) is 34.6 Å². The van der Waals surface area contributed by atoms with Crippen molar-refractivity contribution in [3.63, 3.8) is 0 Å². The second-order valence-corrected chi connectivity index (χ2v) is 6.34. The molecular formula is C17H33NO5. The van der Waals surface area contributed by atoms with E-state index in [2.05, 4.69) is 0 Å². The zero-order valence-electron chi connectivity index (χ0n) is 15.1. The van der Waals surface area contributed by atoms with Crippen LogP contribution in [-0.4, -0.2) is 71.7 Å². The van der Waals surface area contributed by atoms with Gasteiger partial charge < -0.3 is 24.6 Å². The highest BCUT2D eigenvalue weighted by atomic mass is 16.5. The summed E-state index contributed by atoms with van der Waals surface area (Å²) in [7, 11) is 0. The third kappa shape index (κ3) is 12.2. The van der Waals surface area contributed by atoms with Crippen LogP contribution < -0.4 is 0 Å². The van der Waals surface area contributed by atoms with Crippen LogP contribution in [-0.2, 0) is 14.3 Å². The number of rotatable bonds is 12. The highest BCUT2D eigenvalue weighted by Crippen LogP contribution is 2.13. The van der Waals surface area contributed by atoms with E-state index in [0.29, 0.717) is 26.3 Å². The molecule has 0 saturated heterocycles. The summed E-state index contributed by atoms with van der Waals surface area (Å²) in [6.45, 7) is 11.0. The molecule has 0 rings (SSSR count). The standard InChI is InChI=1S/C17H33NO5/c1-14(2)22-11-8-18(9-12-23-15(3)4)16(20)13-17(5,21)7-6-10-19/h6-7,14-15,19,21H,8-13H2,1-5H3/b7-6+. The molecule has 0 aromatic carbocycles. The maximum absolute atomic E-state index is 12.4. The number of carbonyl (C=O) groups is 1. The van der Waals surface area contributed by atoms with Gasteiger partial charge in [-0.3, -0.25) is 4.79 Å². The van der Waals surface area contributed by atoms with E-state index in [1.807, 2.05) is 27.7 Å². The Hall–Kier alpha value is -0.950.